The van der Waals surface area contributed by atoms with Gasteiger partial charge in [0.25, 0.3) is 0 Å². The van der Waals surface area contributed by atoms with E-state index in [4.69, 9.17) is 21.7 Å². The topological polar surface area (TPSA) is 33.1 Å². The molecule has 0 saturated carbocycles. The maximum Gasteiger partial charge on any atom is 0.213 e. The van der Waals surface area contributed by atoms with Crippen molar-refractivity contribution < 1.29 is 4.74 Å². The van der Waals surface area contributed by atoms with Gasteiger partial charge in [0.05, 0.1) is 0 Å². The largest absolute Gasteiger partial charge is 0.473 e. The van der Waals surface area contributed by atoms with Crippen molar-refractivity contribution in [2.24, 2.45) is 0 Å². The molecule has 0 spiro atoms. The third kappa shape index (κ3) is 3.30. The van der Waals surface area contributed by atoms with Gasteiger partial charge in [0.1, 0.15) is 6.61 Å². The summed E-state index contributed by atoms with van der Waals surface area (Å²) in [6.07, 6.45) is 1.63. The van der Waals surface area contributed by atoms with Crippen molar-refractivity contribution in [3.63, 3.8) is 0 Å². The molecule has 0 aliphatic carbocycles. The molecule has 1 radical (unpaired) electrons. The second-order valence-electron chi connectivity index (χ2n) is 2.29. The summed E-state index contributed by atoms with van der Waals surface area (Å²) < 4.78 is 5.07. The standard InChI is InChI=1S/C10H9ClNO/c11-7-4-8-13-10(12)9-5-2-1-3-6-9/h2-7,12H,8H2/b7-4+,12-10?. The van der Waals surface area contributed by atoms with Gasteiger partial charge in [-0.1, -0.05) is 23.7 Å². The van der Waals surface area contributed by atoms with Crippen molar-refractivity contribution in [1.82, 2.24) is 0 Å². The van der Waals surface area contributed by atoms with Crippen molar-refractivity contribution in [3.05, 3.63) is 47.5 Å². The highest BCUT2D eigenvalue weighted by molar-refractivity contribution is 6.25. The SMILES string of the molecule is N=C(OC/C=C/Cl)c1cc[c]cc1. The molecule has 3 heteroatoms. The number of nitrogens with one attached hydrogen (secondary N) is 1. The van der Waals surface area contributed by atoms with Crippen molar-refractivity contribution in [2.75, 3.05) is 6.61 Å². The fourth-order valence-electron chi connectivity index (χ4n) is 0.789. The van der Waals surface area contributed by atoms with E-state index >= 15 is 0 Å². The van der Waals surface area contributed by atoms with Crippen molar-refractivity contribution in [3.8, 4) is 0 Å². The molecule has 0 fully saturated rings. The van der Waals surface area contributed by atoms with Crippen LogP contribution in [0.2, 0.25) is 0 Å². The molecule has 2 nitrogen and oxygen atoms in total. The average Bonchev–Trinajstić information content (AvgIpc) is 2.19. The Balaban J connectivity index is 2.49. The molecule has 67 valence electrons. The van der Waals surface area contributed by atoms with E-state index in [1.54, 1.807) is 30.3 Å². The third-order valence-corrected chi connectivity index (χ3v) is 1.57. The molecular formula is C10H9ClNO. The van der Waals surface area contributed by atoms with Crippen LogP contribution in [0.25, 0.3) is 0 Å². The van der Waals surface area contributed by atoms with E-state index in [0.29, 0.717) is 6.61 Å². The molecule has 1 rings (SSSR count). The second-order valence-corrected chi connectivity index (χ2v) is 2.54. The summed E-state index contributed by atoms with van der Waals surface area (Å²) in [4.78, 5) is 0. The lowest BCUT2D eigenvalue weighted by molar-refractivity contribution is 0.348. The minimum absolute atomic E-state index is 0.142. The summed E-state index contributed by atoms with van der Waals surface area (Å²) >= 11 is 5.29. The van der Waals surface area contributed by atoms with Crippen molar-refractivity contribution in [2.45, 2.75) is 0 Å². The Morgan fingerprint density at radius 3 is 2.85 bits per heavy atom. The first kappa shape index (κ1) is 9.81. The maximum atomic E-state index is 7.50. The van der Waals surface area contributed by atoms with Crippen LogP contribution in [0.1, 0.15) is 5.56 Å². The third-order valence-electron chi connectivity index (χ3n) is 1.39. The van der Waals surface area contributed by atoms with Crippen LogP contribution in [0.15, 0.2) is 35.9 Å². The first-order chi connectivity index (χ1) is 6.34. The summed E-state index contributed by atoms with van der Waals surface area (Å²) in [6.45, 7) is 0.320. The van der Waals surface area contributed by atoms with E-state index in [1.165, 1.54) is 5.54 Å². The predicted molar refractivity (Wildman–Crippen MR) is 53.1 cm³/mol. The first-order valence-corrected chi connectivity index (χ1v) is 4.21. The normalized spacial score (nSPS) is 10.2. The van der Waals surface area contributed by atoms with E-state index in [2.05, 4.69) is 6.07 Å². The number of ether oxygens (including phenoxy) is 1. The molecule has 1 aromatic carbocycles. The van der Waals surface area contributed by atoms with Gasteiger partial charge in [0, 0.05) is 11.1 Å². The molecule has 0 aliphatic rings. The zero-order valence-corrected chi connectivity index (χ0v) is 7.71. The number of benzene rings is 1. The van der Waals surface area contributed by atoms with Crippen LogP contribution >= 0.6 is 11.6 Å². The lowest BCUT2D eigenvalue weighted by atomic mass is 10.2. The quantitative estimate of drug-likeness (QED) is 0.582. The Bertz CT molecular complexity index is 295. The fourth-order valence-corrected chi connectivity index (χ4v) is 0.862. The summed E-state index contributed by atoms with van der Waals surface area (Å²) in [5.74, 6) is 0.142. The van der Waals surface area contributed by atoms with Gasteiger partial charge in [-0.25, -0.2) is 0 Å². The Morgan fingerprint density at radius 1 is 1.54 bits per heavy atom. The Labute approximate surface area is 82.3 Å². The van der Waals surface area contributed by atoms with Gasteiger partial charge < -0.3 is 4.74 Å². The van der Waals surface area contributed by atoms with Gasteiger partial charge >= 0.3 is 0 Å². The van der Waals surface area contributed by atoms with Gasteiger partial charge in [-0.15, -0.1) is 0 Å². The van der Waals surface area contributed by atoms with Crippen molar-refractivity contribution in [1.29, 1.82) is 5.41 Å². The highest BCUT2D eigenvalue weighted by Crippen LogP contribution is 2.00. The molecule has 1 N–H and O–H groups in total. The van der Waals surface area contributed by atoms with Crippen LogP contribution < -0.4 is 0 Å². The molecule has 0 unspecified atom stereocenters. The van der Waals surface area contributed by atoms with Gasteiger partial charge in [-0.05, 0) is 24.3 Å². The molecular weight excluding hydrogens is 186 g/mol. The minimum atomic E-state index is 0.142. The van der Waals surface area contributed by atoms with E-state index in [9.17, 15) is 0 Å². The van der Waals surface area contributed by atoms with E-state index in [-0.39, 0.29) is 5.90 Å². The van der Waals surface area contributed by atoms with Gasteiger partial charge in [0.15, 0.2) is 0 Å². The molecule has 0 amide bonds. The molecule has 13 heavy (non-hydrogen) atoms. The molecule has 0 aromatic heterocycles. The van der Waals surface area contributed by atoms with E-state index < -0.39 is 0 Å². The summed E-state index contributed by atoms with van der Waals surface area (Å²) in [6, 6.07) is 9.89. The highest BCUT2D eigenvalue weighted by Gasteiger charge is 1.98. The lowest BCUT2D eigenvalue weighted by Gasteiger charge is -2.03. The van der Waals surface area contributed by atoms with Crippen LogP contribution in [0, 0.1) is 11.5 Å². The van der Waals surface area contributed by atoms with Crippen LogP contribution in [-0.2, 0) is 4.74 Å². The average molecular weight is 195 g/mol. The monoisotopic (exact) mass is 194 g/mol. The molecule has 0 bridgehead atoms. The summed E-state index contributed by atoms with van der Waals surface area (Å²) in [5.41, 5.74) is 2.10. The zero-order chi connectivity index (χ0) is 9.52. The van der Waals surface area contributed by atoms with Gasteiger partial charge in [0.2, 0.25) is 5.90 Å². The van der Waals surface area contributed by atoms with E-state index in [1.807, 2.05) is 0 Å². The Morgan fingerprint density at radius 2 is 2.23 bits per heavy atom. The van der Waals surface area contributed by atoms with Gasteiger partial charge in [-0.2, -0.15) is 0 Å². The molecule has 0 heterocycles. The Kier molecular flexibility index (Phi) is 4.06. The molecule has 0 saturated heterocycles. The summed E-state index contributed by atoms with van der Waals surface area (Å²) in [5, 5.41) is 7.50. The lowest BCUT2D eigenvalue weighted by Crippen LogP contribution is -2.04. The Hall–Kier alpha value is -1.28. The number of rotatable bonds is 3. The minimum Gasteiger partial charge on any atom is -0.473 e. The maximum absolute atomic E-state index is 7.50. The first-order valence-electron chi connectivity index (χ1n) is 3.77. The van der Waals surface area contributed by atoms with Crippen LogP contribution in [0.5, 0.6) is 0 Å². The number of hydrogen-bond acceptors (Lipinski definition) is 2. The van der Waals surface area contributed by atoms with Crippen LogP contribution in [0.3, 0.4) is 0 Å². The van der Waals surface area contributed by atoms with Crippen LogP contribution in [-0.4, -0.2) is 12.5 Å². The predicted octanol–water partition coefficient (Wildman–Crippen LogP) is 2.58. The highest BCUT2D eigenvalue weighted by atomic mass is 35.5. The number of halogens is 1. The number of hydrogen-bond donors (Lipinski definition) is 1. The molecule has 1 aromatic rings. The smallest absolute Gasteiger partial charge is 0.213 e. The summed E-state index contributed by atoms with van der Waals surface area (Å²) in [7, 11) is 0. The van der Waals surface area contributed by atoms with Crippen molar-refractivity contribution >= 4 is 17.5 Å². The molecule has 0 atom stereocenters. The molecule has 0 aliphatic heterocycles. The zero-order valence-electron chi connectivity index (χ0n) is 6.96. The van der Waals surface area contributed by atoms with Crippen LogP contribution in [0.4, 0.5) is 0 Å². The van der Waals surface area contributed by atoms with E-state index in [0.717, 1.165) is 5.56 Å². The second kappa shape index (κ2) is 5.38. The van der Waals surface area contributed by atoms with Gasteiger partial charge in [-0.3, -0.25) is 5.41 Å². The fraction of sp³-hybridized carbons (Fsp3) is 0.100.